The molecule has 4 unspecified atom stereocenters. The van der Waals surface area contributed by atoms with Crippen LogP contribution < -0.4 is 16.2 Å². The number of hydrogen-bond acceptors (Lipinski definition) is 7. The second-order valence-corrected chi connectivity index (χ2v) is 9.74. The van der Waals surface area contributed by atoms with Gasteiger partial charge in [0.05, 0.1) is 13.2 Å². The van der Waals surface area contributed by atoms with E-state index in [1.54, 1.807) is 0 Å². The van der Waals surface area contributed by atoms with Crippen LogP contribution in [0.2, 0.25) is 0 Å². The van der Waals surface area contributed by atoms with Crippen LogP contribution in [0.1, 0.15) is 38.7 Å². The van der Waals surface area contributed by atoms with Gasteiger partial charge in [0, 0.05) is 53.3 Å². The molecule has 4 N–H and O–H groups in total. The molecule has 5 rings (SSSR count). The number of nitrogen functional groups attached to an aromatic ring is 1. The van der Waals surface area contributed by atoms with Gasteiger partial charge in [-0.25, -0.2) is 4.98 Å². The molecule has 4 aliphatic rings. The molecule has 6 atom stereocenters. The van der Waals surface area contributed by atoms with E-state index >= 15 is 0 Å². The van der Waals surface area contributed by atoms with Crippen LogP contribution in [0.15, 0.2) is 23.3 Å². The number of rotatable bonds is 7. The number of nitrogens with zero attached hydrogens (tertiary/aromatic N) is 3. The van der Waals surface area contributed by atoms with Crippen molar-refractivity contribution in [3.63, 3.8) is 0 Å². The van der Waals surface area contributed by atoms with Crippen LogP contribution in [0.3, 0.4) is 0 Å². The standard InChI is InChI=1S/C23H31F2N5O2/c1-11(2)29-19(7-18(26)12-3-20(32-23(24)25)22(27)28-8-12)21-16-5-13(6-17(16)21)30-14-4-15(30)10-31-9-14/h3,7-8,11,13-17,21,23H,4-6,9-10,26H2,1-2H3,(H2,27,28)/t13?,14?,15?,16-,17+,21?. The first-order chi connectivity index (χ1) is 15.3. The Labute approximate surface area is 186 Å². The Balaban J connectivity index is 1.30. The zero-order chi connectivity index (χ0) is 22.6. The van der Waals surface area contributed by atoms with Gasteiger partial charge in [-0.1, -0.05) is 0 Å². The summed E-state index contributed by atoms with van der Waals surface area (Å²) in [7, 11) is 0. The summed E-state index contributed by atoms with van der Waals surface area (Å²) in [6.07, 6.45) is 7.03. The zero-order valence-electron chi connectivity index (χ0n) is 18.5. The maximum absolute atomic E-state index is 12.6. The Bertz CT molecular complexity index is 911. The molecule has 0 amide bonds. The van der Waals surface area contributed by atoms with Crippen LogP contribution in [0.25, 0.3) is 5.70 Å². The Morgan fingerprint density at radius 3 is 2.50 bits per heavy atom. The predicted molar refractivity (Wildman–Crippen MR) is 118 cm³/mol. The number of halogens is 2. The number of allylic oxidation sites excluding steroid dienone is 1. The quantitative estimate of drug-likeness (QED) is 0.624. The summed E-state index contributed by atoms with van der Waals surface area (Å²) in [5.41, 5.74) is 13.9. The van der Waals surface area contributed by atoms with E-state index in [2.05, 4.69) is 14.6 Å². The van der Waals surface area contributed by atoms with Gasteiger partial charge in [-0.3, -0.25) is 9.89 Å². The van der Waals surface area contributed by atoms with Crippen molar-refractivity contribution in [3.8, 4) is 5.75 Å². The summed E-state index contributed by atoms with van der Waals surface area (Å²) < 4.78 is 35.4. The molecule has 9 heteroatoms. The summed E-state index contributed by atoms with van der Waals surface area (Å²) in [5.74, 6) is 1.40. The monoisotopic (exact) mass is 447 g/mol. The number of alkyl halides is 2. The highest BCUT2D eigenvalue weighted by atomic mass is 19.3. The third kappa shape index (κ3) is 3.96. The molecule has 174 valence electrons. The largest absolute Gasteiger partial charge is 0.431 e. The molecule has 7 nitrogen and oxygen atoms in total. The van der Waals surface area contributed by atoms with Crippen molar-refractivity contribution in [2.75, 3.05) is 18.9 Å². The highest BCUT2D eigenvalue weighted by molar-refractivity contribution is 6.04. The van der Waals surface area contributed by atoms with Gasteiger partial charge in [-0.05, 0) is 57.1 Å². The molecular weight excluding hydrogens is 416 g/mol. The van der Waals surface area contributed by atoms with Crippen molar-refractivity contribution in [2.24, 2.45) is 28.5 Å². The molecular formula is C23H31F2N5O2. The predicted octanol–water partition coefficient (Wildman–Crippen LogP) is 2.91. The normalized spacial score (nSPS) is 34.6. The number of anilines is 1. The molecule has 2 saturated carbocycles. The number of aromatic nitrogens is 1. The third-order valence-corrected chi connectivity index (χ3v) is 7.33. The fraction of sp³-hybridized carbons (Fsp3) is 0.652. The lowest BCUT2D eigenvalue weighted by Crippen LogP contribution is -2.66. The van der Waals surface area contributed by atoms with E-state index in [-0.39, 0.29) is 17.6 Å². The lowest BCUT2D eigenvalue weighted by Gasteiger charge is -2.55. The van der Waals surface area contributed by atoms with Crippen molar-refractivity contribution < 1.29 is 18.3 Å². The van der Waals surface area contributed by atoms with Crippen LogP contribution >= 0.6 is 0 Å². The summed E-state index contributed by atoms with van der Waals surface area (Å²) in [5, 5.41) is 0. The summed E-state index contributed by atoms with van der Waals surface area (Å²) >= 11 is 0. The van der Waals surface area contributed by atoms with Gasteiger partial charge in [-0.2, -0.15) is 8.78 Å². The number of ether oxygens (including phenoxy) is 2. The number of nitrogens with two attached hydrogens (primary N) is 2. The third-order valence-electron chi connectivity index (χ3n) is 7.33. The van der Waals surface area contributed by atoms with E-state index in [4.69, 9.17) is 21.2 Å². The van der Waals surface area contributed by atoms with Crippen LogP contribution in [0.5, 0.6) is 5.75 Å². The summed E-state index contributed by atoms with van der Waals surface area (Å²) in [6, 6.07) is 3.42. The van der Waals surface area contributed by atoms with Crippen LogP contribution in [-0.2, 0) is 4.74 Å². The minimum absolute atomic E-state index is 0.0955. The smallest absolute Gasteiger partial charge is 0.387 e. The zero-order valence-corrected chi connectivity index (χ0v) is 18.5. The first kappa shape index (κ1) is 21.6. The van der Waals surface area contributed by atoms with Crippen molar-refractivity contribution in [1.82, 2.24) is 9.88 Å². The minimum Gasteiger partial charge on any atom is -0.431 e. The van der Waals surface area contributed by atoms with Crippen molar-refractivity contribution in [3.05, 3.63) is 23.9 Å². The Kier molecular flexibility index (Phi) is 5.57. The molecule has 2 bridgehead atoms. The van der Waals surface area contributed by atoms with E-state index in [1.807, 2.05) is 19.9 Å². The minimum atomic E-state index is -2.98. The van der Waals surface area contributed by atoms with Gasteiger partial charge in [0.25, 0.3) is 0 Å². The lowest BCUT2D eigenvalue weighted by atomic mass is 9.87. The van der Waals surface area contributed by atoms with E-state index < -0.39 is 6.61 Å². The van der Waals surface area contributed by atoms with E-state index in [0.717, 1.165) is 18.9 Å². The summed E-state index contributed by atoms with van der Waals surface area (Å²) in [6.45, 7) is 2.86. The Hall–Kier alpha value is -2.26. The molecule has 2 saturated heterocycles. The summed E-state index contributed by atoms with van der Waals surface area (Å²) in [4.78, 5) is 11.5. The van der Waals surface area contributed by atoms with E-state index in [0.29, 0.717) is 47.1 Å². The first-order valence-corrected chi connectivity index (χ1v) is 11.4. The van der Waals surface area contributed by atoms with Crippen molar-refractivity contribution in [1.29, 1.82) is 0 Å². The lowest BCUT2D eigenvalue weighted by molar-refractivity contribution is -0.147. The molecule has 0 radical (unpaired) electrons. The van der Waals surface area contributed by atoms with Crippen LogP contribution in [0.4, 0.5) is 14.6 Å². The molecule has 32 heavy (non-hydrogen) atoms. The van der Waals surface area contributed by atoms with Gasteiger partial charge >= 0.3 is 6.61 Å². The van der Waals surface area contributed by atoms with Crippen LogP contribution in [0, 0.1) is 17.8 Å². The maximum atomic E-state index is 12.6. The number of fused-ring (bicyclic) bond motifs is 3. The second kappa shape index (κ2) is 8.26. The molecule has 1 aromatic heterocycles. The highest BCUT2D eigenvalue weighted by Crippen LogP contribution is 2.60. The number of pyridine rings is 1. The van der Waals surface area contributed by atoms with Crippen molar-refractivity contribution >= 4 is 17.2 Å². The fourth-order valence-electron chi connectivity index (χ4n) is 6.02. The molecule has 4 fully saturated rings. The molecule has 3 heterocycles. The van der Waals surface area contributed by atoms with Crippen LogP contribution in [-0.4, -0.2) is 59.6 Å². The second-order valence-electron chi connectivity index (χ2n) is 9.74. The fourth-order valence-corrected chi connectivity index (χ4v) is 6.02. The van der Waals surface area contributed by atoms with Gasteiger partial charge in [0.15, 0.2) is 11.6 Å². The average Bonchev–Trinajstić information content (AvgIpc) is 3.23. The molecule has 1 aromatic rings. The Morgan fingerprint density at radius 2 is 1.91 bits per heavy atom. The maximum Gasteiger partial charge on any atom is 0.387 e. The number of aliphatic imine (C=N–C) groups is 1. The topological polar surface area (TPSA) is 99.0 Å². The van der Waals surface area contributed by atoms with Crippen molar-refractivity contribution in [2.45, 2.75) is 63.9 Å². The van der Waals surface area contributed by atoms with E-state index in [9.17, 15) is 8.78 Å². The Morgan fingerprint density at radius 1 is 1.22 bits per heavy atom. The van der Waals surface area contributed by atoms with Gasteiger partial charge in [0.1, 0.15) is 0 Å². The molecule has 2 aliphatic carbocycles. The van der Waals surface area contributed by atoms with Gasteiger partial charge < -0.3 is 20.9 Å². The number of morpholine rings is 1. The van der Waals surface area contributed by atoms with Gasteiger partial charge in [0.2, 0.25) is 0 Å². The average molecular weight is 448 g/mol. The highest BCUT2D eigenvalue weighted by Gasteiger charge is 2.61. The first-order valence-electron chi connectivity index (χ1n) is 11.4. The van der Waals surface area contributed by atoms with Gasteiger partial charge in [-0.15, -0.1) is 0 Å². The SMILES string of the molecule is CC(C)N=C(C=C(N)c1cnc(N)c(OC(F)F)c1)C1[C@H]2CC(N3C4COCC3C4)C[C@@H]12. The van der Waals surface area contributed by atoms with E-state index in [1.165, 1.54) is 31.5 Å². The molecule has 0 spiro atoms. The molecule has 0 aromatic carbocycles. The number of hydrogen-bond donors (Lipinski definition) is 2. The molecule has 2 aliphatic heterocycles.